The predicted octanol–water partition coefficient (Wildman–Crippen LogP) is 2.87. The molecule has 2 nitrogen and oxygen atoms in total. The van der Waals surface area contributed by atoms with E-state index in [0.29, 0.717) is 0 Å². The third-order valence-corrected chi connectivity index (χ3v) is 2.34. The molecule has 1 aromatic rings. The molecule has 0 aliphatic carbocycles. The molecular formula is C12H19NO. The highest BCUT2D eigenvalue weighted by atomic mass is 16.5. The van der Waals surface area contributed by atoms with Gasteiger partial charge < -0.3 is 10.5 Å². The minimum atomic E-state index is 0.719. The Kier molecular flexibility index (Phi) is 3.81. The zero-order valence-corrected chi connectivity index (χ0v) is 9.21. The Hall–Kier alpha value is -1.18. The van der Waals surface area contributed by atoms with Crippen molar-refractivity contribution in [2.45, 2.75) is 26.7 Å². The highest BCUT2D eigenvalue weighted by molar-refractivity contribution is 5.51. The lowest BCUT2D eigenvalue weighted by Crippen LogP contribution is -1.98. The van der Waals surface area contributed by atoms with Gasteiger partial charge in [-0.3, -0.25) is 0 Å². The van der Waals surface area contributed by atoms with Crippen molar-refractivity contribution in [1.82, 2.24) is 0 Å². The molecule has 0 aliphatic rings. The van der Waals surface area contributed by atoms with Gasteiger partial charge in [-0.1, -0.05) is 19.9 Å². The summed E-state index contributed by atoms with van der Waals surface area (Å²) in [5.74, 6) is 1.55. The summed E-state index contributed by atoms with van der Waals surface area (Å²) in [6, 6.07) is 5.90. The second-order valence-corrected chi connectivity index (χ2v) is 4.00. The van der Waals surface area contributed by atoms with E-state index >= 15 is 0 Å². The zero-order chi connectivity index (χ0) is 10.6. The normalized spacial score (nSPS) is 10.6. The first-order chi connectivity index (χ1) is 6.63. The lowest BCUT2D eigenvalue weighted by atomic mass is 10.0. The van der Waals surface area contributed by atoms with E-state index in [4.69, 9.17) is 10.5 Å². The molecule has 0 saturated heterocycles. The topological polar surface area (TPSA) is 35.2 Å². The molecule has 1 aromatic carbocycles. The number of aryl methyl sites for hydroxylation is 1. The van der Waals surface area contributed by atoms with Gasteiger partial charge in [0.05, 0.1) is 7.11 Å². The molecule has 0 unspecified atom stereocenters. The second kappa shape index (κ2) is 4.89. The molecule has 0 amide bonds. The van der Waals surface area contributed by atoms with Crippen LogP contribution in [0.1, 0.15) is 25.8 Å². The summed E-state index contributed by atoms with van der Waals surface area (Å²) >= 11 is 0. The van der Waals surface area contributed by atoms with Crippen molar-refractivity contribution in [2.75, 3.05) is 12.8 Å². The van der Waals surface area contributed by atoms with Gasteiger partial charge in [-0.25, -0.2) is 0 Å². The van der Waals surface area contributed by atoms with E-state index in [9.17, 15) is 0 Å². The molecule has 0 radical (unpaired) electrons. The number of nitrogen functional groups attached to an aromatic ring is 1. The van der Waals surface area contributed by atoms with Gasteiger partial charge >= 0.3 is 0 Å². The fourth-order valence-electron chi connectivity index (χ4n) is 1.37. The van der Waals surface area contributed by atoms with Crippen molar-refractivity contribution in [1.29, 1.82) is 0 Å². The van der Waals surface area contributed by atoms with Gasteiger partial charge in [-0.2, -0.15) is 0 Å². The van der Waals surface area contributed by atoms with Crippen LogP contribution in [0, 0.1) is 5.92 Å². The lowest BCUT2D eigenvalue weighted by molar-refractivity contribution is 0.415. The Morgan fingerprint density at radius 1 is 1.36 bits per heavy atom. The summed E-state index contributed by atoms with van der Waals surface area (Å²) in [6.45, 7) is 4.44. The fourth-order valence-corrected chi connectivity index (χ4v) is 1.37. The van der Waals surface area contributed by atoms with Crippen LogP contribution in [0.15, 0.2) is 18.2 Å². The van der Waals surface area contributed by atoms with Crippen molar-refractivity contribution in [3.63, 3.8) is 0 Å². The Morgan fingerprint density at radius 3 is 2.57 bits per heavy atom. The molecule has 0 aliphatic heterocycles. The van der Waals surface area contributed by atoms with Gasteiger partial charge in [0.2, 0.25) is 0 Å². The monoisotopic (exact) mass is 193 g/mol. The first-order valence-corrected chi connectivity index (χ1v) is 5.06. The van der Waals surface area contributed by atoms with Gasteiger partial charge in [0, 0.05) is 11.8 Å². The van der Waals surface area contributed by atoms with Crippen molar-refractivity contribution in [3.8, 4) is 5.75 Å². The van der Waals surface area contributed by atoms with E-state index in [1.807, 2.05) is 12.1 Å². The molecule has 1 rings (SSSR count). The van der Waals surface area contributed by atoms with Crippen LogP contribution < -0.4 is 10.5 Å². The first-order valence-electron chi connectivity index (χ1n) is 5.06. The Bertz CT molecular complexity index is 294. The average molecular weight is 193 g/mol. The predicted molar refractivity (Wildman–Crippen MR) is 60.6 cm³/mol. The average Bonchev–Trinajstić information content (AvgIpc) is 2.15. The molecule has 0 aromatic heterocycles. The van der Waals surface area contributed by atoms with Crippen molar-refractivity contribution in [3.05, 3.63) is 23.8 Å². The maximum Gasteiger partial charge on any atom is 0.120 e. The van der Waals surface area contributed by atoms with Crippen LogP contribution in [0.3, 0.4) is 0 Å². The number of ether oxygens (including phenoxy) is 1. The summed E-state index contributed by atoms with van der Waals surface area (Å²) in [4.78, 5) is 0. The number of rotatable bonds is 4. The number of hydrogen-bond acceptors (Lipinski definition) is 2. The molecule has 14 heavy (non-hydrogen) atoms. The third-order valence-electron chi connectivity index (χ3n) is 2.34. The van der Waals surface area contributed by atoms with Crippen molar-refractivity contribution in [2.24, 2.45) is 5.92 Å². The molecule has 0 spiro atoms. The maximum absolute atomic E-state index is 5.90. The van der Waals surface area contributed by atoms with Gasteiger partial charge in [0.25, 0.3) is 0 Å². The molecule has 2 heteroatoms. The van der Waals surface area contributed by atoms with Gasteiger partial charge in [0.15, 0.2) is 0 Å². The molecule has 0 heterocycles. The van der Waals surface area contributed by atoms with E-state index in [-0.39, 0.29) is 0 Å². The Morgan fingerprint density at radius 2 is 2.07 bits per heavy atom. The van der Waals surface area contributed by atoms with E-state index in [1.54, 1.807) is 7.11 Å². The van der Waals surface area contributed by atoms with E-state index in [1.165, 1.54) is 12.0 Å². The van der Waals surface area contributed by atoms with Crippen molar-refractivity contribution >= 4 is 5.69 Å². The SMILES string of the molecule is COc1ccc(CCC(C)C)c(N)c1. The van der Waals surface area contributed by atoms with Gasteiger partial charge in [-0.15, -0.1) is 0 Å². The molecule has 2 N–H and O–H groups in total. The molecular weight excluding hydrogens is 174 g/mol. The number of hydrogen-bond donors (Lipinski definition) is 1. The molecule has 0 saturated carbocycles. The fraction of sp³-hybridized carbons (Fsp3) is 0.500. The zero-order valence-electron chi connectivity index (χ0n) is 9.21. The summed E-state index contributed by atoms with van der Waals surface area (Å²) < 4.78 is 5.10. The largest absolute Gasteiger partial charge is 0.497 e. The van der Waals surface area contributed by atoms with Crippen LogP contribution in [-0.4, -0.2) is 7.11 Å². The van der Waals surface area contributed by atoms with Crippen LogP contribution in [0.25, 0.3) is 0 Å². The first kappa shape index (κ1) is 10.9. The number of nitrogens with two attached hydrogens (primary N) is 1. The molecule has 78 valence electrons. The summed E-state index contributed by atoms with van der Waals surface area (Å²) in [7, 11) is 1.66. The summed E-state index contributed by atoms with van der Waals surface area (Å²) in [5, 5.41) is 0. The summed E-state index contributed by atoms with van der Waals surface area (Å²) in [6.07, 6.45) is 2.23. The quantitative estimate of drug-likeness (QED) is 0.746. The highest BCUT2D eigenvalue weighted by Gasteiger charge is 2.02. The minimum Gasteiger partial charge on any atom is -0.497 e. The summed E-state index contributed by atoms with van der Waals surface area (Å²) in [5.41, 5.74) is 7.96. The highest BCUT2D eigenvalue weighted by Crippen LogP contribution is 2.21. The number of anilines is 1. The molecule has 0 fully saturated rings. The van der Waals surface area contributed by atoms with E-state index in [0.717, 1.165) is 23.8 Å². The minimum absolute atomic E-state index is 0.719. The van der Waals surface area contributed by atoms with Gasteiger partial charge in [0.1, 0.15) is 5.75 Å². The number of benzene rings is 1. The second-order valence-electron chi connectivity index (χ2n) is 4.00. The lowest BCUT2D eigenvalue weighted by Gasteiger charge is -2.09. The van der Waals surface area contributed by atoms with Crippen LogP contribution >= 0.6 is 0 Å². The Labute approximate surface area is 86.1 Å². The smallest absolute Gasteiger partial charge is 0.120 e. The van der Waals surface area contributed by atoms with E-state index < -0.39 is 0 Å². The molecule has 0 bridgehead atoms. The van der Waals surface area contributed by atoms with Crippen LogP contribution in [0.2, 0.25) is 0 Å². The van der Waals surface area contributed by atoms with Crippen LogP contribution in [-0.2, 0) is 6.42 Å². The standard InChI is InChI=1S/C12H19NO/c1-9(2)4-5-10-6-7-11(14-3)8-12(10)13/h6-9H,4-5,13H2,1-3H3. The van der Waals surface area contributed by atoms with Crippen molar-refractivity contribution < 1.29 is 4.74 Å². The van der Waals surface area contributed by atoms with Gasteiger partial charge in [-0.05, 0) is 30.4 Å². The van der Waals surface area contributed by atoms with Crippen LogP contribution in [0.5, 0.6) is 5.75 Å². The molecule has 0 atom stereocenters. The third kappa shape index (κ3) is 2.95. The number of methoxy groups -OCH3 is 1. The van der Waals surface area contributed by atoms with E-state index in [2.05, 4.69) is 19.9 Å². The van der Waals surface area contributed by atoms with Crippen LogP contribution in [0.4, 0.5) is 5.69 Å². The Balaban J connectivity index is 2.69. The maximum atomic E-state index is 5.90.